The van der Waals surface area contributed by atoms with Gasteiger partial charge < -0.3 is 21.1 Å². The highest BCUT2D eigenvalue weighted by Gasteiger charge is 2.13. The number of nitro groups is 1. The van der Waals surface area contributed by atoms with Crippen LogP contribution in [0.15, 0.2) is 42.5 Å². The molecule has 0 bridgehead atoms. The van der Waals surface area contributed by atoms with E-state index in [1.807, 2.05) is 0 Å². The summed E-state index contributed by atoms with van der Waals surface area (Å²) in [4.78, 5) is 33.7. The van der Waals surface area contributed by atoms with Crippen molar-refractivity contribution in [3.63, 3.8) is 0 Å². The third-order valence-corrected chi connectivity index (χ3v) is 3.66. The Balaban J connectivity index is 1.68. The first-order valence-electron chi connectivity index (χ1n) is 7.84. The number of nitrogens with two attached hydrogens (primary N) is 1. The number of amides is 1. The van der Waals surface area contributed by atoms with E-state index in [2.05, 4.69) is 10.6 Å². The minimum Gasteiger partial charge on any atom is -0.452 e. The minimum absolute atomic E-state index is 0.00278. The van der Waals surface area contributed by atoms with Gasteiger partial charge in [0.05, 0.1) is 10.5 Å². The summed E-state index contributed by atoms with van der Waals surface area (Å²) in [7, 11) is 0. The van der Waals surface area contributed by atoms with Crippen molar-refractivity contribution in [3.05, 3.63) is 63.2 Å². The fourth-order valence-corrected chi connectivity index (χ4v) is 2.27. The molecular weight excluding hydrogens is 376 g/mol. The molecule has 0 fully saturated rings. The van der Waals surface area contributed by atoms with Crippen LogP contribution in [-0.4, -0.2) is 36.5 Å². The van der Waals surface area contributed by atoms with Crippen molar-refractivity contribution in [1.29, 1.82) is 0 Å². The first-order valence-corrected chi connectivity index (χ1v) is 8.22. The average molecular weight is 393 g/mol. The highest BCUT2D eigenvalue weighted by Crippen LogP contribution is 2.18. The summed E-state index contributed by atoms with van der Waals surface area (Å²) < 4.78 is 4.90. The van der Waals surface area contributed by atoms with Gasteiger partial charge in [-0.05, 0) is 30.3 Å². The Morgan fingerprint density at radius 2 is 1.85 bits per heavy atom. The number of nitrogen functional groups attached to an aromatic ring is 1. The van der Waals surface area contributed by atoms with Gasteiger partial charge in [0, 0.05) is 41.6 Å². The number of ether oxygens (including phenoxy) is 1. The molecular formula is C17H17ClN4O5. The van der Waals surface area contributed by atoms with E-state index in [9.17, 15) is 19.7 Å². The third-order valence-electron chi connectivity index (χ3n) is 3.42. The SMILES string of the molecule is Nc1cc(Cl)ccc1C(=O)OCC(=O)NCCNc1ccc([N+](=O)[O-])cc1. The van der Waals surface area contributed by atoms with Crippen LogP contribution in [-0.2, 0) is 9.53 Å². The highest BCUT2D eigenvalue weighted by molar-refractivity contribution is 6.31. The van der Waals surface area contributed by atoms with Crippen LogP contribution in [0.3, 0.4) is 0 Å². The van der Waals surface area contributed by atoms with Crippen LogP contribution in [0, 0.1) is 10.1 Å². The molecule has 0 spiro atoms. The molecule has 0 saturated carbocycles. The number of anilines is 2. The first kappa shape index (κ1) is 20.0. The van der Waals surface area contributed by atoms with E-state index in [-0.39, 0.29) is 23.5 Å². The van der Waals surface area contributed by atoms with Crippen molar-refractivity contribution in [2.24, 2.45) is 0 Å². The van der Waals surface area contributed by atoms with Crippen LogP contribution < -0.4 is 16.4 Å². The second-order valence-electron chi connectivity index (χ2n) is 5.39. The molecule has 27 heavy (non-hydrogen) atoms. The van der Waals surface area contributed by atoms with Gasteiger partial charge in [0.1, 0.15) is 0 Å². The summed E-state index contributed by atoms with van der Waals surface area (Å²) in [5, 5.41) is 16.5. The fraction of sp³-hybridized carbons (Fsp3) is 0.176. The van der Waals surface area contributed by atoms with E-state index in [0.29, 0.717) is 17.3 Å². The normalized spacial score (nSPS) is 10.1. The van der Waals surface area contributed by atoms with Crippen molar-refractivity contribution in [2.75, 3.05) is 30.7 Å². The van der Waals surface area contributed by atoms with Gasteiger partial charge in [-0.2, -0.15) is 0 Å². The van der Waals surface area contributed by atoms with Gasteiger partial charge in [-0.1, -0.05) is 11.6 Å². The van der Waals surface area contributed by atoms with Crippen LogP contribution in [0.2, 0.25) is 5.02 Å². The molecule has 0 aromatic heterocycles. The highest BCUT2D eigenvalue weighted by atomic mass is 35.5. The van der Waals surface area contributed by atoms with Gasteiger partial charge in [0.2, 0.25) is 0 Å². The van der Waals surface area contributed by atoms with Gasteiger partial charge in [-0.3, -0.25) is 14.9 Å². The van der Waals surface area contributed by atoms with E-state index in [1.165, 1.54) is 30.3 Å². The number of nitrogens with zero attached hydrogens (tertiary/aromatic N) is 1. The lowest BCUT2D eigenvalue weighted by atomic mass is 10.2. The van der Waals surface area contributed by atoms with E-state index < -0.39 is 23.4 Å². The van der Waals surface area contributed by atoms with Crippen LogP contribution >= 0.6 is 11.6 Å². The topological polar surface area (TPSA) is 137 Å². The van der Waals surface area contributed by atoms with E-state index >= 15 is 0 Å². The van der Waals surface area contributed by atoms with Crippen LogP contribution in [0.4, 0.5) is 17.1 Å². The number of hydrogen-bond donors (Lipinski definition) is 3. The quantitative estimate of drug-likeness (QED) is 0.206. The number of nitrogens with one attached hydrogen (secondary N) is 2. The van der Waals surface area contributed by atoms with Gasteiger partial charge in [0.25, 0.3) is 11.6 Å². The zero-order valence-corrected chi connectivity index (χ0v) is 14.9. The number of esters is 1. The molecule has 2 aromatic carbocycles. The summed E-state index contributed by atoms with van der Waals surface area (Å²) >= 11 is 5.75. The lowest BCUT2D eigenvalue weighted by Crippen LogP contribution is -2.32. The molecule has 2 aromatic rings. The lowest BCUT2D eigenvalue weighted by molar-refractivity contribution is -0.384. The minimum atomic E-state index is -0.719. The van der Waals surface area contributed by atoms with Crippen molar-refractivity contribution in [1.82, 2.24) is 5.32 Å². The Morgan fingerprint density at radius 1 is 1.15 bits per heavy atom. The molecule has 4 N–H and O–H groups in total. The maximum absolute atomic E-state index is 11.9. The Kier molecular flexibility index (Phi) is 6.95. The second kappa shape index (κ2) is 9.39. The summed E-state index contributed by atoms with van der Waals surface area (Å²) in [6.07, 6.45) is 0. The van der Waals surface area contributed by atoms with Crippen LogP contribution in [0.25, 0.3) is 0 Å². The monoisotopic (exact) mass is 392 g/mol. The maximum Gasteiger partial charge on any atom is 0.340 e. The summed E-state index contributed by atoms with van der Waals surface area (Å²) in [6.45, 7) is 0.219. The van der Waals surface area contributed by atoms with Gasteiger partial charge in [-0.25, -0.2) is 4.79 Å². The summed E-state index contributed by atoms with van der Waals surface area (Å²) in [6, 6.07) is 10.2. The number of hydrogen-bond acceptors (Lipinski definition) is 7. The second-order valence-corrected chi connectivity index (χ2v) is 5.82. The Bertz CT molecular complexity index is 842. The molecule has 9 nitrogen and oxygen atoms in total. The first-order chi connectivity index (χ1) is 12.9. The fourth-order valence-electron chi connectivity index (χ4n) is 2.09. The molecule has 0 atom stereocenters. The number of halogens is 1. The largest absolute Gasteiger partial charge is 0.452 e. The molecule has 0 saturated heterocycles. The zero-order chi connectivity index (χ0) is 19.8. The van der Waals surface area contributed by atoms with Crippen molar-refractivity contribution >= 4 is 40.5 Å². The number of non-ortho nitro benzene ring substituents is 1. The Morgan fingerprint density at radius 3 is 2.48 bits per heavy atom. The number of carbonyl (C=O) groups is 2. The standard InChI is InChI=1S/C17H17ClN4O5/c18-11-1-6-14(15(19)9-11)17(24)27-10-16(23)21-8-7-20-12-2-4-13(5-3-12)22(25)26/h1-6,9,20H,7-8,10,19H2,(H,21,23). The van der Waals surface area contributed by atoms with Crippen molar-refractivity contribution < 1.29 is 19.2 Å². The van der Waals surface area contributed by atoms with E-state index in [0.717, 1.165) is 0 Å². The van der Waals surface area contributed by atoms with Crippen LogP contribution in [0.5, 0.6) is 0 Å². The molecule has 0 aliphatic rings. The number of benzene rings is 2. The predicted molar refractivity (Wildman–Crippen MR) is 101 cm³/mol. The molecule has 0 aliphatic heterocycles. The molecule has 0 heterocycles. The van der Waals surface area contributed by atoms with Crippen molar-refractivity contribution in [3.8, 4) is 0 Å². The molecule has 1 amide bonds. The van der Waals surface area contributed by atoms with Gasteiger partial charge in [-0.15, -0.1) is 0 Å². The average Bonchev–Trinajstić information content (AvgIpc) is 2.63. The molecule has 0 radical (unpaired) electrons. The van der Waals surface area contributed by atoms with Crippen molar-refractivity contribution in [2.45, 2.75) is 0 Å². The van der Waals surface area contributed by atoms with E-state index in [4.69, 9.17) is 22.1 Å². The summed E-state index contributed by atoms with van der Waals surface area (Å²) in [5.41, 5.74) is 6.65. The Hall–Kier alpha value is -3.33. The maximum atomic E-state index is 11.9. The molecule has 142 valence electrons. The number of rotatable bonds is 8. The Labute approximate surface area is 159 Å². The van der Waals surface area contributed by atoms with Crippen LogP contribution in [0.1, 0.15) is 10.4 Å². The molecule has 10 heteroatoms. The molecule has 0 unspecified atom stereocenters. The molecule has 0 aliphatic carbocycles. The predicted octanol–water partition coefficient (Wildman–Crippen LogP) is 2.22. The smallest absolute Gasteiger partial charge is 0.340 e. The lowest BCUT2D eigenvalue weighted by Gasteiger charge is -2.09. The van der Waals surface area contributed by atoms with E-state index in [1.54, 1.807) is 12.1 Å². The zero-order valence-electron chi connectivity index (χ0n) is 14.1. The number of carbonyl (C=O) groups excluding carboxylic acids is 2. The summed E-state index contributed by atoms with van der Waals surface area (Å²) in [5.74, 6) is -1.19. The number of nitro benzene ring substituents is 1. The third kappa shape index (κ3) is 6.15. The van der Waals surface area contributed by atoms with Gasteiger partial charge >= 0.3 is 5.97 Å². The van der Waals surface area contributed by atoms with Gasteiger partial charge in [0.15, 0.2) is 6.61 Å². The molecule has 2 rings (SSSR count).